The zero-order valence-corrected chi connectivity index (χ0v) is 10.5. The molecule has 0 saturated heterocycles. The van der Waals surface area contributed by atoms with Gasteiger partial charge in [0.15, 0.2) is 0 Å². The van der Waals surface area contributed by atoms with Gasteiger partial charge in [-0.2, -0.15) is 0 Å². The van der Waals surface area contributed by atoms with Crippen molar-refractivity contribution >= 4 is 21.2 Å². The van der Waals surface area contributed by atoms with Crippen LogP contribution in [0.1, 0.15) is 6.92 Å². The van der Waals surface area contributed by atoms with Crippen molar-refractivity contribution in [3.63, 3.8) is 0 Å². The molecule has 0 aromatic heterocycles. The maximum Gasteiger partial charge on any atom is 0.369 e. The van der Waals surface area contributed by atoms with Crippen molar-refractivity contribution in [1.29, 1.82) is 0 Å². The van der Waals surface area contributed by atoms with Gasteiger partial charge in [-0.25, -0.2) is 4.79 Å². The van der Waals surface area contributed by atoms with Gasteiger partial charge in [-0.1, -0.05) is 6.58 Å². The minimum absolute atomic E-state index is 0.504. The Morgan fingerprint density at radius 1 is 1.24 bits per heavy atom. The second kappa shape index (κ2) is 4.99. The molecule has 9 nitrogen and oxygen atoms in total. The largest absolute Gasteiger partial charge is 0.478 e. The molecule has 0 aromatic carbocycles. The highest BCUT2D eigenvalue weighted by atomic mass is 31.2. The van der Waals surface area contributed by atoms with Crippen LogP contribution >= 0.6 is 15.2 Å². The van der Waals surface area contributed by atoms with E-state index in [0.717, 1.165) is 0 Å². The number of carboxylic acid groups (broad SMARTS) is 1. The van der Waals surface area contributed by atoms with Crippen LogP contribution in [0.2, 0.25) is 0 Å². The van der Waals surface area contributed by atoms with Crippen molar-refractivity contribution in [3.05, 3.63) is 12.2 Å². The Hall–Kier alpha value is -0.530. The molecule has 0 amide bonds. The predicted octanol–water partition coefficient (Wildman–Crippen LogP) is -0.327. The summed E-state index contributed by atoms with van der Waals surface area (Å²) in [5.74, 6) is -1.51. The fraction of sp³-hybridized carbons (Fsp3) is 0.500. The van der Waals surface area contributed by atoms with E-state index in [0.29, 0.717) is 6.92 Å². The van der Waals surface area contributed by atoms with Gasteiger partial charge >= 0.3 is 21.2 Å². The molecule has 0 saturated carbocycles. The molecule has 0 unspecified atom stereocenters. The van der Waals surface area contributed by atoms with E-state index in [1.54, 1.807) is 0 Å². The van der Waals surface area contributed by atoms with Crippen LogP contribution in [0.4, 0.5) is 0 Å². The van der Waals surface area contributed by atoms with Crippen LogP contribution in [0.25, 0.3) is 0 Å². The van der Waals surface area contributed by atoms with Crippen LogP contribution in [0.3, 0.4) is 0 Å². The average Bonchev–Trinajstić information content (AvgIpc) is 2.09. The summed E-state index contributed by atoms with van der Waals surface area (Å²) in [4.78, 5) is 45.7. The molecular formula is C6H12O9P2. The molecule has 100 valence electrons. The first kappa shape index (κ1) is 16.5. The van der Waals surface area contributed by atoms with E-state index >= 15 is 0 Å². The number of hydrogen-bond acceptors (Lipinski definition) is 4. The van der Waals surface area contributed by atoms with E-state index < -0.39 is 38.4 Å². The Morgan fingerprint density at radius 2 is 1.59 bits per heavy atom. The van der Waals surface area contributed by atoms with Crippen molar-refractivity contribution in [2.24, 2.45) is 0 Å². The molecule has 0 fully saturated rings. The Bertz CT molecular complexity index is 393. The van der Waals surface area contributed by atoms with E-state index in [1.807, 2.05) is 0 Å². The molecule has 0 radical (unpaired) electrons. The second-order valence-corrected chi connectivity index (χ2v) is 7.46. The molecule has 0 aliphatic rings. The molecule has 0 rings (SSSR count). The van der Waals surface area contributed by atoms with E-state index in [1.165, 1.54) is 0 Å². The molecule has 0 heterocycles. The Balaban J connectivity index is 5.15. The van der Waals surface area contributed by atoms with Gasteiger partial charge in [0.1, 0.15) is 0 Å². The van der Waals surface area contributed by atoms with Gasteiger partial charge in [0.2, 0.25) is 0 Å². The summed E-state index contributed by atoms with van der Waals surface area (Å²) in [6.45, 7) is 2.57. The lowest BCUT2D eigenvalue weighted by Crippen LogP contribution is -2.30. The molecule has 0 aliphatic carbocycles. The first-order chi connectivity index (χ1) is 7.33. The third-order valence-electron chi connectivity index (χ3n) is 1.90. The van der Waals surface area contributed by atoms with Crippen LogP contribution < -0.4 is 0 Å². The number of rotatable bonds is 6. The predicted molar refractivity (Wildman–Crippen MR) is 55.2 cm³/mol. The fourth-order valence-corrected chi connectivity index (χ4v) is 2.45. The Kier molecular flexibility index (Phi) is 4.84. The van der Waals surface area contributed by atoms with E-state index in [9.17, 15) is 13.9 Å². The summed E-state index contributed by atoms with van der Waals surface area (Å²) < 4.78 is 26.3. The summed E-state index contributed by atoms with van der Waals surface area (Å²) in [6, 6.07) is 0. The number of ether oxygens (including phenoxy) is 1. The van der Waals surface area contributed by atoms with Gasteiger partial charge in [0.05, 0.1) is 12.2 Å². The van der Waals surface area contributed by atoms with Gasteiger partial charge in [0.25, 0.3) is 5.08 Å². The van der Waals surface area contributed by atoms with Gasteiger partial charge in [-0.15, -0.1) is 0 Å². The topological polar surface area (TPSA) is 162 Å². The lowest BCUT2D eigenvalue weighted by atomic mass is 10.3. The zero-order chi connectivity index (χ0) is 14.1. The minimum atomic E-state index is -5.32. The standard InChI is InChI=1S/C6H12O9P2/c1-4(5(7)8)3-15-6(2,16(9,10)11)17(12,13)14/h1,3H2,2H3,(H,7,8)(H2,9,10,11)(H2,12,13,14). The molecule has 11 heteroatoms. The molecule has 17 heavy (non-hydrogen) atoms. The highest BCUT2D eigenvalue weighted by Crippen LogP contribution is 2.69. The molecule has 0 aromatic rings. The Labute approximate surface area is 96.0 Å². The highest BCUT2D eigenvalue weighted by Gasteiger charge is 2.58. The summed E-state index contributed by atoms with van der Waals surface area (Å²) in [7, 11) is -10.6. The van der Waals surface area contributed by atoms with Crippen molar-refractivity contribution in [1.82, 2.24) is 0 Å². The van der Waals surface area contributed by atoms with Crippen LogP contribution in [0, 0.1) is 0 Å². The van der Waals surface area contributed by atoms with E-state index in [2.05, 4.69) is 11.3 Å². The van der Waals surface area contributed by atoms with Crippen LogP contribution in [-0.2, 0) is 18.7 Å². The lowest BCUT2D eigenvalue weighted by molar-refractivity contribution is -0.133. The summed E-state index contributed by atoms with van der Waals surface area (Å²) in [6.07, 6.45) is 0. The monoisotopic (exact) mass is 290 g/mol. The SMILES string of the molecule is C=C(COC(C)(P(=O)(O)O)P(=O)(O)O)C(=O)O. The summed E-state index contributed by atoms with van der Waals surface area (Å²) >= 11 is 0. The molecular weight excluding hydrogens is 278 g/mol. The maximum absolute atomic E-state index is 11.0. The third kappa shape index (κ3) is 3.72. The van der Waals surface area contributed by atoms with Crippen molar-refractivity contribution in [3.8, 4) is 0 Å². The van der Waals surface area contributed by atoms with Crippen LogP contribution in [-0.4, -0.2) is 42.3 Å². The second-order valence-electron chi connectivity index (χ2n) is 3.22. The van der Waals surface area contributed by atoms with Crippen molar-refractivity contribution in [2.75, 3.05) is 6.61 Å². The van der Waals surface area contributed by atoms with Gasteiger partial charge in [-0.05, 0) is 6.92 Å². The number of aliphatic carboxylic acids is 1. The average molecular weight is 290 g/mol. The van der Waals surface area contributed by atoms with E-state index in [4.69, 9.17) is 24.7 Å². The van der Waals surface area contributed by atoms with Crippen molar-refractivity contribution in [2.45, 2.75) is 12.0 Å². The van der Waals surface area contributed by atoms with Gasteiger partial charge < -0.3 is 29.4 Å². The quantitative estimate of drug-likeness (QED) is 0.325. The smallest absolute Gasteiger partial charge is 0.369 e. The number of carboxylic acids is 1. The maximum atomic E-state index is 11.0. The van der Waals surface area contributed by atoms with Gasteiger partial charge in [0, 0.05) is 0 Å². The lowest BCUT2D eigenvalue weighted by Gasteiger charge is -2.30. The molecule has 0 atom stereocenters. The highest BCUT2D eigenvalue weighted by molar-refractivity contribution is 7.72. The summed E-state index contributed by atoms with van der Waals surface area (Å²) in [5, 5.41) is 5.32. The van der Waals surface area contributed by atoms with Gasteiger partial charge in [-0.3, -0.25) is 9.13 Å². The Morgan fingerprint density at radius 3 is 1.82 bits per heavy atom. The van der Waals surface area contributed by atoms with Crippen LogP contribution in [0.15, 0.2) is 12.2 Å². The van der Waals surface area contributed by atoms with Crippen molar-refractivity contribution < 1.29 is 43.3 Å². The van der Waals surface area contributed by atoms with E-state index in [-0.39, 0.29) is 0 Å². The molecule has 0 spiro atoms. The molecule has 0 bridgehead atoms. The first-order valence-corrected chi connectivity index (χ1v) is 7.21. The minimum Gasteiger partial charge on any atom is -0.478 e. The normalized spacial score (nSPS) is 13.5. The molecule has 5 N–H and O–H groups in total. The zero-order valence-electron chi connectivity index (χ0n) is 8.68. The third-order valence-corrected chi connectivity index (χ3v) is 5.89. The fourth-order valence-electron chi connectivity index (χ4n) is 0.623. The summed E-state index contributed by atoms with van der Waals surface area (Å²) in [5.41, 5.74) is -0.599. The first-order valence-electron chi connectivity index (χ1n) is 3.99. The van der Waals surface area contributed by atoms with Crippen LogP contribution in [0.5, 0.6) is 0 Å². The number of hydrogen-bond donors (Lipinski definition) is 5. The molecule has 0 aliphatic heterocycles. The number of carbonyl (C=O) groups is 1.